The molecule has 0 bridgehead atoms. The normalized spacial score (nSPS) is 17.1. The fraction of sp³-hybridized carbons (Fsp3) is 0.389. The Bertz CT molecular complexity index is 774. The van der Waals surface area contributed by atoms with Gasteiger partial charge in [0.15, 0.2) is 0 Å². The Morgan fingerprint density at radius 3 is 3.00 bits per heavy atom. The molecule has 0 aliphatic carbocycles. The summed E-state index contributed by atoms with van der Waals surface area (Å²) >= 11 is 0. The largest absolute Gasteiger partial charge is 0.346 e. The van der Waals surface area contributed by atoms with Gasteiger partial charge < -0.3 is 10.2 Å². The van der Waals surface area contributed by atoms with Gasteiger partial charge in [-0.3, -0.25) is 14.3 Å². The summed E-state index contributed by atoms with van der Waals surface area (Å²) in [6.45, 7) is 3.45. The summed E-state index contributed by atoms with van der Waals surface area (Å²) in [6.07, 6.45) is 2.73. The topological polar surface area (TPSA) is 67.2 Å². The number of benzene rings is 1. The molecule has 132 valence electrons. The predicted octanol–water partition coefficient (Wildman–Crippen LogP) is 1.96. The van der Waals surface area contributed by atoms with Crippen molar-refractivity contribution in [2.45, 2.75) is 38.9 Å². The molecule has 0 spiro atoms. The Morgan fingerprint density at radius 1 is 1.40 bits per heavy atom. The Hall–Kier alpha value is -2.70. The highest BCUT2D eigenvalue weighted by Crippen LogP contribution is 2.16. The molecule has 1 saturated heterocycles. The van der Waals surface area contributed by atoms with Crippen LogP contribution in [0.4, 0.5) is 4.39 Å². The molecule has 1 aromatic carbocycles. The molecule has 0 saturated carbocycles. The maximum Gasteiger partial charge on any atom is 0.269 e. The highest BCUT2D eigenvalue weighted by Gasteiger charge is 2.31. The fourth-order valence-electron chi connectivity index (χ4n) is 3.05. The van der Waals surface area contributed by atoms with Gasteiger partial charge in [-0.1, -0.05) is 19.1 Å². The maximum atomic E-state index is 13.3. The predicted molar refractivity (Wildman–Crippen MR) is 90.2 cm³/mol. The Labute approximate surface area is 145 Å². The molecule has 1 fully saturated rings. The number of aryl methyl sites for hydroxylation is 1. The van der Waals surface area contributed by atoms with Crippen molar-refractivity contribution in [1.82, 2.24) is 20.0 Å². The van der Waals surface area contributed by atoms with Gasteiger partial charge in [0.1, 0.15) is 11.5 Å². The molecule has 7 heteroatoms. The van der Waals surface area contributed by atoms with E-state index < -0.39 is 0 Å². The zero-order valence-corrected chi connectivity index (χ0v) is 14.1. The van der Waals surface area contributed by atoms with Crippen molar-refractivity contribution in [1.29, 1.82) is 0 Å². The average molecular weight is 344 g/mol. The zero-order valence-electron chi connectivity index (χ0n) is 14.1. The number of carbonyl (C=O) groups is 2. The summed E-state index contributed by atoms with van der Waals surface area (Å²) < 4.78 is 14.9. The van der Waals surface area contributed by atoms with Crippen molar-refractivity contribution >= 4 is 11.8 Å². The van der Waals surface area contributed by atoms with E-state index in [0.717, 1.165) is 12.0 Å². The summed E-state index contributed by atoms with van der Waals surface area (Å²) in [7, 11) is 0. The second-order valence-electron chi connectivity index (χ2n) is 6.22. The SMILES string of the molecule is CCCn1nccc1C(=O)N[C@H]1CC(=O)N(Cc2cccc(F)c2)C1. The van der Waals surface area contributed by atoms with E-state index in [1.807, 2.05) is 6.92 Å². The number of nitrogens with one attached hydrogen (secondary N) is 1. The number of hydrogen-bond donors (Lipinski definition) is 1. The highest BCUT2D eigenvalue weighted by atomic mass is 19.1. The van der Waals surface area contributed by atoms with Crippen LogP contribution in [0.5, 0.6) is 0 Å². The molecule has 1 aliphatic rings. The van der Waals surface area contributed by atoms with Crippen molar-refractivity contribution in [3.05, 3.63) is 53.6 Å². The highest BCUT2D eigenvalue weighted by molar-refractivity contribution is 5.93. The summed E-state index contributed by atoms with van der Waals surface area (Å²) in [5.74, 6) is -0.592. The Balaban J connectivity index is 1.60. The first kappa shape index (κ1) is 17.1. The number of hydrogen-bond acceptors (Lipinski definition) is 3. The lowest BCUT2D eigenvalue weighted by Crippen LogP contribution is -2.38. The van der Waals surface area contributed by atoms with Gasteiger partial charge >= 0.3 is 0 Å². The van der Waals surface area contributed by atoms with Crippen molar-refractivity contribution in [3.63, 3.8) is 0 Å². The molecule has 6 nitrogen and oxygen atoms in total. The standard InChI is InChI=1S/C18H21FN4O2/c1-2-8-23-16(6-7-20-23)18(25)21-15-10-17(24)22(12-15)11-13-4-3-5-14(19)9-13/h3-7,9,15H,2,8,10-12H2,1H3,(H,21,25)/t15-/m0/s1. The summed E-state index contributed by atoms with van der Waals surface area (Å²) in [4.78, 5) is 26.2. The molecule has 1 atom stereocenters. The van der Waals surface area contributed by atoms with Gasteiger partial charge in [0.25, 0.3) is 5.91 Å². The summed E-state index contributed by atoms with van der Waals surface area (Å²) in [6, 6.07) is 7.62. The second-order valence-corrected chi connectivity index (χ2v) is 6.22. The quantitative estimate of drug-likeness (QED) is 0.871. The molecule has 1 aromatic heterocycles. The van der Waals surface area contributed by atoms with Crippen molar-refractivity contribution in [2.75, 3.05) is 6.54 Å². The van der Waals surface area contributed by atoms with Gasteiger partial charge in [-0.2, -0.15) is 5.10 Å². The van der Waals surface area contributed by atoms with E-state index in [2.05, 4.69) is 10.4 Å². The third-order valence-corrected chi connectivity index (χ3v) is 4.20. The zero-order chi connectivity index (χ0) is 17.8. The molecule has 2 aromatic rings. The lowest BCUT2D eigenvalue weighted by atomic mass is 10.2. The van der Waals surface area contributed by atoms with E-state index in [0.29, 0.717) is 25.3 Å². The van der Waals surface area contributed by atoms with Crippen LogP contribution < -0.4 is 5.32 Å². The molecule has 1 N–H and O–H groups in total. The van der Waals surface area contributed by atoms with Gasteiger partial charge in [0, 0.05) is 32.3 Å². The average Bonchev–Trinajstić information content (AvgIpc) is 3.15. The van der Waals surface area contributed by atoms with Gasteiger partial charge in [0.2, 0.25) is 5.91 Å². The first-order valence-electron chi connectivity index (χ1n) is 8.41. The maximum absolute atomic E-state index is 13.3. The van der Waals surface area contributed by atoms with Gasteiger partial charge in [0.05, 0.1) is 6.04 Å². The third-order valence-electron chi connectivity index (χ3n) is 4.20. The number of carbonyl (C=O) groups excluding carboxylic acids is 2. The molecule has 1 aliphatic heterocycles. The summed E-state index contributed by atoms with van der Waals surface area (Å²) in [5, 5.41) is 7.04. The number of likely N-dealkylation sites (tertiary alicyclic amines) is 1. The van der Waals surface area contributed by atoms with Crippen LogP contribution in [-0.2, 0) is 17.9 Å². The number of nitrogens with zero attached hydrogens (tertiary/aromatic N) is 3. The first-order chi connectivity index (χ1) is 12.1. The van der Waals surface area contributed by atoms with Crippen LogP contribution in [0.15, 0.2) is 36.5 Å². The number of rotatable bonds is 6. The lowest BCUT2D eigenvalue weighted by molar-refractivity contribution is -0.128. The Kier molecular flexibility index (Phi) is 5.11. The Morgan fingerprint density at radius 2 is 2.24 bits per heavy atom. The van der Waals surface area contributed by atoms with Crippen LogP contribution in [0.1, 0.15) is 35.8 Å². The van der Waals surface area contributed by atoms with E-state index in [1.165, 1.54) is 12.1 Å². The van der Waals surface area contributed by atoms with Crippen molar-refractivity contribution < 1.29 is 14.0 Å². The molecule has 3 rings (SSSR count). The lowest BCUT2D eigenvalue weighted by Gasteiger charge is -2.17. The minimum atomic E-state index is -0.321. The van der Waals surface area contributed by atoms with Crippen LogP contribution in [0.3, 0.4) is 0 Å². The van der Waals surface area contributed by atoms with Crippen LogP contribution in [-0.4, -0.2) is 39.1 Å². The molecule has 25 heavy (non-hydrogen) atoms. The van der Waals surface area contributed by atoms with E-state index in [9.17, 15) is 14.0 Å². The summed E-state index contributed by atoms with van der Waals surface area (Å²) in [5.41, 5.74) is 1.24. The van der Waals surface area contributed by atoms with Crippen molar-refractivity contribution in [3.8, 4) is 0 Å². The molecule has 2 amide bonds. The number of halogens is 1. The van der Waals surface area contributed by atoms with Gasteiger partial charge in [-0.25, -0.2) is 4.39 Å². The van der Waals surface area contributed by atoms with Crippen molar-refractivity contribution in [2.24, 2.45) is 0 Å². The molecule has 0 radical (unpaired) electrons. The van der Waals surface area contributed by atoms with E-state index in [-0.39, 0.29) is 30.1 Å². The monoisotopic (exact) mass is 344 g/mol. The first-order valence-corrected chi connectivity index (χ1v) is 8.41. The van der Waals surface area contributed by atoms with E-state index >= 15 is 0 Å². The molecule has 2 heterocycles. The minimum Gasteiger partial charge on any atom is -0.346 e. The van der Waals surface area contributed by atoms with Gasteiger partial charge in [-0.15, -0.1) is 0 Å². The third kappa shape index (κ3) is 4.04. The molecular formula is C18H21FN4O2. The minimum absolute atomic E-state index is 0.0448. The van der Waals surface area contributed by atoms with Gasteiger partial charge in [-0.05, 0) is 30.2 Å². The van der Waals surface area contributed by atoms with Crippen LogP contribution in [0.2, 0.25) is 0 Å². The van der Waals surface area contributed by atoms with Crippen LogP contribution >= 0.6 is 0 Å². The second kappa shape index (κ2) is 7.46. The number of amides is 2. The number of aromatic nitrogens is 2. The van der Waals surface area contributed by atoms with E-state index in [1.54, 1.807) is 34.0 Å². The molecular weight excluding hydrogens is 323 g/mol. The molecule has 0 unspecified atom stereocenters. The van der Waals surface area contributed by atoms with Crippen LogP contribution in [0, 0.1) is 5.82 Å². The smallest absolute Gasteiger partial charge is 0.269 e. The van der Waals surface area contributed by atoms with Crippen LogP contribution in [0.25, 0.3) is 0 Å². The van der Waals surface area contributed by atoms with E-state index in [4.69, 9.17) is 0 Å². The fourth-order valence-corrected chi connectivity index (χ4v) is 3.05.